The first-order chi connectivity index (χ1) is 9.71. The summed E-state index contributed by atoms with van der Waals surface area (Å²) in [6, 6.07) is 4.66. The summed E-state index contributed by atoms with van der Waals surface area (Å²) in [5.74, 6) is -0.613. The number of carbonyl (C=O) groups excluding carboxylic acids is 1. The molecule has 9 heteroatoms. The summed E-state index contributed by atoms with van der Waals surface area (Å²) < 4.78 is 37.5. The van der Waals surface area contributed by atoms with Crippen molar-refractivity contribution in [3.8, 4) is 0 Å². The maximum absolute atomic E-state index is 12.3. The second-order valence-electron chi connectivity index (χ2n) is 4.34. The number of aliphatic hydroxyl groups excluding tert-OH is 1. The van der Waals surface area contributed by atoms with Crippen LogP contribution in [0.15, 0.2) is 22.7 Å². The van der Waals surface area contributed by atoms with Crippen LogP contribution in [-0.4, -0.2) is 48.3 Å². The van der Waals surface area contributed by atoms with Crippen LogP contribution >= 0.6 is 15.9 Å². The van der Waals surface area contributed by atoms with E-state index in [1.54, 1.807) is 12.1 Å². The summed E-state index contributed by atoms with van der Waals surface area (Å²) in [5.41, 5.74) is 6.44. The van der Waals surface area contributed by atoms with E-state index in [0.29, 0.717) is 15.8 Å². The first-order valence-corrected chi connectivity index (χ1v) is 6.75. The van der Waals surface area contributed by atoms with Crippen LogP contribution in [0, 0.1) is 0 Å². The molecule has 1 aromatic rings. The Labute approximate surface area is 128 Å². The number of aliphatic hydroxyl groups is 1. The Bertz CT molecular complexity index is 497. The first-order valence-electron chi connectivity index (χ1n) is 5.96. The Morgan fingerprint density at radius 1 is 1.43 bits per heavy atom. The molecule has 0 heterocycles. The van der Waals surface area contributed by atoms with Gasteiger partial charge in [-0.3, -0.25) is 9.69 Å². The summed E-state index contributed by atoms with van der Waals surface area (Å²) in [7, 11) is 0. The van der Waals surface area contributed by atoms with Gasteiger partial charge in [0.2, 0.25) is 5.91 Å². The maximum Gasteiger partial charge on any atom is 0.401 e. The highest BCUT2D eigenvalue weighted by atomic mass is 79.9. The fraction of sp³-hybridized carbons (Fsp3) is 0.417. The van der Waals surface area contributed by atoms with Crippen LogP contribution in [0.5, 0.6) is 0 Å². The van der Waals surface area contributed by atoms with Gasteiger partial charge < -0.3 is 16.2 Å². The Balaban J connectivity index is 2.65. The van der Waals surface area contributed by atoms with E-state index in [1.165, 1.54) is 6.07 Å². The minimum absolute atomic E-state index is 0.240. The minimum atomic E-state index is -4.43. The Morgan fingerprint density at radius 3 is 2.62 bits per heavy atom. The van der Waals surface area contributed by atoms with E-state index in [0.717, 1.165) is 4.90 Å². The van der Waals surface area contributed by atoms with Gasteiger partial charge in [-0.15, -0.1) is 0 Å². The number of benzene rings is 1. The number of hydrogen-bond acceptors (Lipinski definition) is 4. The summed E-state index contributed by atoms with van der Waals surface area (Å²) in [6.45, 7) is -2.44. The number of nitrogens with zero attached hydrogens (tertiary/aromatic N) is 1. The standard InChI is InChI=1S/C12H15BrF3N3O2/c13-9-5-8(17)1-2-10(9)18-11(21)6-19(3-4-20)7-12(14,15)16/h1-2,5,20H,3-4,6-7,17H2,(H,18,21). The van der Waals surface area contributed by atoms with Gasteiger partial charge in [0.05, 0.1) is 25.4 Å². The predicted molar refractivity (Wildman–Crippen MR) is 76.8 cm³/mol. The number of amides is 1. The van der Waals surface area contributed by atoms with Crippen molar-refractivity contribution in [1.82, 2.24) is 4.90 Å². The average molecular weight is 370 g/mol. The van der Waals surface area contributed by atoms with Crippen molar-refractivity contribution in [3.05, 3.63) is 22.7 Å². The zero-order chi connectivity index (χ0) is 16.0. The number of nitrogen functional groups attached to an aromatic ring is 1. The molecule has 0 unspecified atom stereocenters. The van der Waals surface area contributed by atoms with Crippen molar-refractivity contribution in [1.29, 1.82) is 0 Å². The summed E-state index contributed by atoms with van der Waals surface area (Å²) >= 11 is 3.19. The highest BCUT2D eigenvalue weighted by molar-refractivity contribution is 9.10. The maximum atomic E-state index is 12.3. The fourth-order valence-corrected chi connectivity index (χ4v) is 2.13. The van der Waals surface area contributed by atoms with Gasteiger partial charge in [-0.1, -0.05) is 0 Å². The molecule has 0 bridgehead atoms. The highest BCUT2D eigenvalue weighted by Gasteiger charge is 2.31. The van der Waals surface area contributed by atoms with Gasteiger partial charge in [0.15, 0.2) is 0 Å². The van der Waals surface area contributed by atoms with Gasteiger partial charge in [-0.2, -0.15) is 13.2 Å². The molecule has 0 atom stereocenters. The lowest BCUT2D eigenvalue weighted by atomic mass is 10.3. The van der Waals surface area contributed by atoms with Gasteiger partial charge in [0.1, 0.15) is 0 Å². The van der Waals surface area contributed by atoms with E-state index in [1.807, 2.05) is 0 Å². The largest absolute Gasteiger partial charge is 0.401 e. The number of anilines is 2. The molecule has 1 aromatic carbocycles. The van der Waals surface area contributed by atoms with Crippen LogP contribution in [0.4, 0.5) is 24.5 Å². The van der Waals surface area contributed by atoms with E-state index in [9.17, 15) is 18.0 Å². The molecule has 1 rings (SSSR count). The molecular weight excluding hydrogens is 355 g/mol. The average Bonchev–Trinajstić information content (AvgIpc) is 2.31. The van der Waals surface area contributed by atoms with Crippen molar-refractivity contribution >= 4 is 33.2 Å². The third-order valence-electron chi connectivity index (χ3n) is 2.45. The molecule has 5 nitrogen and oxygen atoms in total. The van der Waals surface area contributed by atoms with Crippen molar-refractivity contribution in [2.45, 2.75) is 6.18 Å². The van der Waals surface area contributed by atoms with E-state index >= 15 is 0 Å². The number of rotatable bonds is 6. The second kappa shape index (κ2) is 7.62. The SMILES string of the molecule is Nc1ccc(NC(=O)CN(CCO)CC(F)(F)F)c(Br)c1. The normalized spacial score (nSPS) is 11.7. The molecule has 0 saturated heterocycles. The Morgan fingerprint density at radius 2 is 2.10 bits per heavy atom. The van der Waals surface area contributed by atoms with E-state index < -0.39 is 31.8 Å². The third kappa shape index (κ3) is 6.78. The van der Waals surface area contributed by atoms with E-state index in [-0.39, 0.29) is 6.54 Å². The molecule has 0 aliphatic heterocycles. The highest BCUT2D eigenvalue weighted by Crippen LogP contribution is 2.24. The predicted octanol–water partition coefficient (Wildman–Crippen LogP) is 1.83. The number of alkyl halides is 3. The van der Waals surface area contributed by atoms with E-state index in [4.69, 9.17) is 10.8 Å². The fourth-order valence-electron chi connectivity index (χ4n) is 1.63. The molecule has 0 aliphatic rings. The van der Waals surface area contributed by atoms with Crippen molar-refractivity contribution in [2.75, 3.05) is 37.3 Å². The zero-order valence-corrected chi connectivity index (χ0v) is 12.5. The number of nitrogens with two attached hydrogens (primary N) is 1. The monoisotopic (exact) mass is 369 g/mol. The van der Waals surface area contributed by atoms with E-state index in [2.05, 4.69) is 21.2 Å². The molecule has 118 valence electrons. The molecule has 0 aromatic heterocycles. The third-order valence-corrected chi connectivity index (χ3v) is 3.11. The molecule has 0 radical (unpaired) electrons. The molecule has 0 fully saturated rings. The van der Waals surface area contributed by atoms with Crippen LogP contribution in [0.25, 0.3) is 0 Å². The van der Waals surface area contributed by atoms with Gasteiger partial charge in [-0.05, 0) is 34.1 Å². The lowest BCUT2D eigenvalue weighted by molar-refractivity contribution is -0.148. The topological polar surface area (TPSA) is 78.6 Å². The van der Waals surface area contributed by atoms with Gasteiger partial charge in [-0.25, -0.2) is 0 Å². The van der Waals surface area contributed by atoms with Crippen LogP contribution in [0.3, 0.4) is 0 Å². The van der Waals surface area contributed by atoms with Crippen LogP contribution in [0.2, 0.25) is 0 Å². The number of hydrogen-bond donors (Lipinski definition) is 3. The lowest BCUT2D eigenvalue weighted by Crippen LogP contribution is -2.41. The summed E-state index contributed by atoms with van der Waals surface area (Å²) in [6.07, 6.45) is -4.43. The molecular formula is C12H15BrF3N3O2. The van der Waals surface area contributed by atoms with Crippen LogP contribution in [0.1, 0.15) is 0 Å². The molecule has 0 saturated carbocycles. The van der Waals surface area contributed by atoms with Crippen molar-refractivity contribution in [3.63, 3.8) is 0 Å². The van der Waals surface area contributed by atoms with Gasteiger partial charge in [0, 0.05) is 16.7 Å². The molecule has 1 amide bonds. The smallest absolute Gasteiger partial charge is 0.399 e. The van der Waals surface area contributed by atoms with Crippen molar-refractivity contribution in [2.24, 2.45) is 0 Å². The molecule has 21 heavy (non-hydrogen) atoms. The number of nitrogens with one attached hydrogen (secondary N) is 1. The Kier molecular flexibility index (Phi) is 6.43. The summed E-state index contributed by atoms with van der Waals surface area (Å²) in [4.78, 5) is 12.6. The van der Waals surface area contributed by atoms with Gasteiger partial charge >= 0.3 is 6.18 Å². The Hall–Kier alpha value is -1.32. The zero-order valence-electron chi connectivity index (χ0n) is 11.0. The van der Waals surface area contributed by atoms with Crippen LogP contribution in [-0.2, 0) is 4.79 Å². The first kappa shape index (κ1) is 17.7. The second-order valence-corrected chi connectivity index (χ2v) is 5.19. The number of halogens is 4. The van der Waals surface area contributed by atoms with Crippen LogP contribution < -0.4 is 11.1 Å². The number of carbonyl (C=O) groups is 1. The summed E-state index contributed by atoms with van der Waals surface area (Å²) in [5, 5.41) is 11.2. The molecule has 0 aliphatic carbocycles. The minimum Gasteiger partial charge on any atom is -0.399 e. The molecule has 4 N–H and O–H groups in total. The van der Waals surface area contributed by atoms with Gasteiger partial charge in [0.25, 0.3) is 0 Å². The molecule has 0 spiro atoms. The van der Waals surface area contributed by atoms with Crippen molar-refractivity contribution < 1.29 is 23.1 Å². The lowest BCUT2D eigenvalue weighted by Gasteiger charge is -2.22. The quantitative estimate of drug-likeness (QED) is 0.668.